The molecule has 0 aliphatic rings. The summed E-state index contributed by atoms with van der Waals surface area (Å²) in [5.74, 6) is 0.207. The lowest BCUT2D eigenvalue weighted by Gasteiger charge is -2.11. The highest BCUT2D eigenvalue weighted by Gasteiger charge is 2.09. The first-order valence-corrected chi connectivity index (χ1v) is 4.76. The van der Waals surface area contributed by atoms with Gasteiger partial charge in [-0.1, -0.05) is 11.6 Å². The minimum atomic E-state index is -0.362. The van der Waals surface area contributed by atoms with E-state index < -0.39 is 0 Å². The number of hydrogen-bond donors (Lipinski definition) is 3. The fraction of sp³-hybridized carbons (Fsp3) is 0.400. The summed E-state index contributed by atoms with van der Waals surface area (Å²) >= 11 is 5.83. The van der Waals surface area contributed by atoms with Gasteiger partial charge in [-0.3, -0.25) is 0 Å². The van der Waals surface area contributed by atoms with Gasteiger partial charge in [0.2, 0.25) is 0 Å². The number of phenolic OH excluding ortho intramolecular Hbond substituents is 1. The Kier molecular flexibility index (Phi) is 5.98. The van der Waals surface area contributed by atoms with Gasteiger partial charge >= 0.3 is 0 Å². The summed E-state index contributed by atoms with van der Waals surface area (Å²) in [5, 5.41) is 19.0. The second-order valence-electron chi connectivity index (χ2n) is 3.38. The van der Waals surface area contributed by atoms with Crippen LogP contribution in [0.2, 0.25) is 5.02 Å². The van der Waals surface area contributed by atoms with Crippen LogP contribution < -0.4 is 5.73 Å². The molecule has 0 aliphatic heterocycles. The fourth-order valence-electron chi connectivity index (χ4n) is 1.31. The number of aliphatic hydroxyl groups is 1. The summed E-state index contributed by atoms with van der Waals surface area (Å²) in [6.07, 6.45) is 0.420. The smallest absolute Gasteiger partial charge is 0.121 e. The maximum atomic E-state index is 9.67. The highest BCUT2D eigenvalue weighted by molar-refractivity contribution is 6.30. The summed E-state index contributed by atoms with van der Waals surface area (Å²) in [5.41, 5.74) is 6.97. The van der Waals surface area contributed by atoms with Crippen LogP contribution >= 0.6 is 24.0 Å². The van der Waals surface area contributed by atoms with Crippen LogP contribution in [0.5, 0.6) is 5.75 Å². The topological polar surface area (TPSA) is 66.5 Å². The lowest BCUT2D eigenvalue weighted by Crippen LogP contribution is -2.26. The molecule has 1 rings (SSSR count). The van der Waals surface area contributed by atoms with Crippen LogP contribution in [0.1, 0.15) is 11.1 Å². The Labute approximate surface area is 100 Å². The third-order valence-electron chi connectivity index (χ3n) is 2.06. The lowest BCUT2D eigenvalue weighted by molar-refractivity contribution is 0.264. The van der Waals surface area contributed by atoms with Gasteiger partial charge in [0.05, 0.1) is 6.61 Å². The van der Waals surface area contributed by atoms with Gasteiger partial charge in [0.1, 0.15) is 5.75 Å². The quantitative estimate of drug-likeness (QED) is 0.766. The molecule has 0 amide bonds. The van der Waals surface area contributed by atoms with Gasteiger partial charge in [-0.05, 0) is 36.6 Å². The Morgan fingerprint density at radius 1 is 1.47 bits per heavy atom. The van der Waals surface area contributed by atoms with Crippen molar-refractivity contribution in [1.29, 1.82) is 0 Å². The van der Waals surface area contributed by atoms with E-state index in [0.29, 0.717) is 17.0 Å². The molecule has 5 heteroatoms. The number of nitrogens with two attached hydrogens (primary N) is 1. The number of halogens is 2. The van der Waals surface area contributed by atoms with E-state index in [9.17, 15) is 5.11 Å². The zero-order valence-corrected chi connectivity index (χ0v) is 9.98. The molecule has 0 saturated heterocycles. The van der Waals surface area contributed by atoms with Crippen LogP contribution in [-0.4, -0.2) is 22.9 Å². The molecule has 0 radical (unpaired) electrons. The Balaban J connectivity index is 0.00000196. The third-order valence-corrected chi connectivity index (χ3v) is 2.28. The molecule has 0 spiro atoms. The van der Waals surface area contributed by atoms with Crippen molar-refractivity contribution >= 4 is 24.0 Å². The number of phenols is 1. The third kappa shape index (κ3) is 3.87. The molecule has 4 N–H and O–H groups in total. The minimum Gasteiger partial charge on any atom is -0.507 e. The number of aromatic hydroxyl groups is 1. The molecule has 0 aromatic heterocycles. The number of hydrogen-bond acceptors (Lipinski definition) is 3. The summed E-state index contributed by atoms with van der Waals surface area (Å²) in [6.45, 7) is 1.67. The maximum absolute atomic E-state index is 9.67. The molecule has 1 aromatic carbocycles. The molecule has 0 saturated carbocycles. The monoisotopic (exact) mass is 251 g/mol. The highest BCUT2D eigenvalue weighted by Crippen LogP contribution is 2.27. The highest BCUT2D eigenvalue weighted by atomic mass is 35.5. The summed E-state index contributed by atoms with van der Waals surface area (Å²) in [7, 11) is 0. The molecule has 0 aliphatic carbocycles. The van der Waals surface area contributed by atoms with Crippen molar-refractivity contribution in [2.75, 3.05) is 6.61 Å². The van der Waals surface area contributed by atoms with E-state index in [2.05, 4.69) is 0 Å². The number of rotatable bonds is 3. The van der Waals surface area contributed by atoms with Crippen LogP contribution in [0, 0.1) is 6.92 Å². The average Bonchev–Trinajstić information content (AvgIpc) is 2.13. The SMILES string of the molecule is Cc1cc(Cl)cc(CC(N)CO)c1O.Cl. The molecule has 0 bridgehead atoms. The summed E-state index contributed by atoms with van der Waals surface area (Å²) in [4.78, 5) is 0. The van der Waals surface area contributed by atoms with Crippen molar-refractivity contribution in [3.63, 3.8) is 0 Å². The standard InChI is InChI=1S/C10H14ClNO2.ClH/c1-6-2-8(11)3-7(10(6)14)4-9(12)5-13;/h2-3,9,13-14H,4-5,12H2,1H3;1H. The largest absolute Gasteiger partial charge is 0.507 e. The summed E-state index contributed by atoms with van der Waals surface area (Å²) in [6, 6.07) is 2.99. The molecule has 0 heterocycles. The van der Waals surface area contributed by atoms with E-state index in [1.54, 1.807) is 19.1 Å². The first-order chi connectivity index (χ1) is 6.54. The van der Waals surface area contributed by atoms with Gasteiger partial charge in [0.25, 0.3) is 0 Å². The van der Waals surface area contributed by atoms with Crippen LogP contribution in [0.15, 0.2) is 12.1 Å². The van der Waals surface area contributed by atoms with Crippen LogP contribution in [0.3, 0.4) is 0 Å². The number of aliphatic hydroxyl groups excluding tert-OH is 1. The molecular formula is C10H15Cl2NO2. The normalized spacial score (nSPS) is 12.0. The minimum absolute atomic E-state index is 0. The van der Waals surface area contributed by atoms with Crippen molar-refractivity contribution in [2.24, 2.45) is 5.73 Å². The Morgan fingerprint density at radius 2 is 2.07 bits per heavy atom. The predicted molar refractivity (Wildman–Crippen MR) is 63.9 cm³/mol. The predicted octanol–water partition coefficient (Wildman–Crippen LogP) is 1.64. The molecule has 1 aromatic rings. The van der Waals surface area contributed by atoms with E-state index in [0.717, 1.165) is 5.56 Å². The van der Waals surface area contributed by atoms with Gasteiger partial charge in [0, 0.05) is 11.1 Å². The lowest BCUT2D eigenvalue weighted by atomic mass is 10.0. The Hall–Kier alpha value is -0.480. The first kappa shape index (κ1) is 14.5. The van der Waals surface area contributed by atoms with Gasteiger partial charge in [0.15, 0.2) is 0 Å². The van der Waals surface area contributed by atoms with Crippen molar-refractivity contribution < 1.29 is 10.2 Å². The molecule has 86 valence electrons. The van der Waals surface area contributed by atoms with Crippen molar-refractivity contribution in [3.8, 4) is 5.75 Å². The van der Waals surface area contributed by atoms with E-state index in [1.165, 1.54) is 0 Å². The Bertz CT molecular complexity index is 331. The summed E-state index contributed by atoms with van der Waals surface area (Å²) < 4.78 is 0. The number of benzene rings is 1. The molecule has 1 unspecified atom stereocenters. The molecule has 3 nitrogen and oxygen atoms in total. The number of aryl methyl sites for hydroxylation is 1. The van der Waals surface area contributed by atoms with Gasteiger partial charge < -0.3 is 15.9 Å². The van der Waals surface area contributed by atoms with Gasteiger partial charge in [-0.15, -0.1) is 12.4 Å². The van der Waals surface area contributed by atoms with E-state index in [1.807, 2.05) is 0 Å². The average molecular weight is 252 g/mol. The Morgan fingerprint density at radius 3 is 2.60 bits per heavy atom. The van der Waals surface area contributed by atoms with Crippen molar-refractivity contribution in [2.45, 2.75) is 19.4 Å². The molecule has 1 atom stereocenters. The van der Waals surface area contributed by atoms with E-state index in [-0.39, 0.29) is 30.8 Å². The van der Waals surface area contributed by atoms with Crippen LogP contribution in [0.4, 0.5) is 0 Å². The zero-order valence-electron chi connectivity index (χ0n) is 8.40. The second-order valence-corrected chi connectivity index (χ2v) is 3.81. The van der Waals surface area contributed by atoms with E-state index >= 15 is 0 Å². The second kappa shape index (κ2) is 6.18. The van der Waals surface area contributed by atoms with E-state index in [4.69, 9.17) is 22.4 Å². The van der Waals surface area contributed by atoms with Crippen molar-refractivity contribution in [3.05, 3.63) is 28.3 Å². The van der Waals surface area contributed by atoms with Crippen LogP contribution in [-0.2, 0) is 6.42 Å². The first-order valence-electron chi connectivity index (χ1n) is 4.39. The van der Waals surface area contributed by atoms with Gasteiger partial charge in [-0.25, -0.2) is 0 Å². The van der Waals surface area contributed by atoms with Gasteiger partial charge in [-0.2, -0.15) is 0 Å². The molecule has 15 heavy (non-hydrogen) atoms. The maximum Gasteiger partial charge on any atom is 0.121 e. The van der Waals surface area contributed by atoms with Crippen LogP contribution in [0.25, 0.3) is 0 Å². The van der Waals surface area contributed by atoms with Crippen molar-refractivity contribution in [1.82, 2.24) is 0 Å². The zero-order chi connectivity index (χ0) is 10.7. The molecule has 0 fully saturated rings. The fourth-order valence-corrected chi connectivity index (χ4v) is 1.60. The molecular weight excluding hydrogens is 237 g/mol.